The first-order chi connectivity index (χ1) is 10.1. The summed E-state index contributed by atoms with van der Waals surface area (Å²) < 4.78 is 0. The standard InChI is InChI=1S/C15H19N3O3/c1-10-3-2-4-12-11(9-18-14(10)12)5-7-16-15(21)17-8-6-13(19)20/h2-4,9,18H,5-8H2,1H3,(H,19,20)(H2,16,17,21). The number of nitrogens with one attached hydrogen (secondary N) is 3. The molecule has 0 atom stereocenters. The Morgan fingerprint density at radius 1 is 1.24 bits per heavy atom. The molecule has 1 heterocycles. The maximum absolute atomic E-state index is 11.4. The number of aromatic nitrogens is 1. The molecule has 0 radical (unpaired) electrons. The summed E-state index contributed by atoms with van der Waals surface area (Å²) in [5.74, 6) is -0.926. The van der Waals surface area contributed by atoms with Gasteiger partial charge in [0.1, 0.15) is 0 Å². The molecule has 2 amide bonds. The van der Waals surface area contributed by atoms with E-state index in [0.29, 0.717) is 6.54 Å². The van der Waals surface area contributed by atoms with Crippen molar-refractivity contribution in [1.82, 2.24) is 15.6 Å². The van der Waals surface area contributed by atoms with Crippen LogP contribution in [0.2, 0.25) is 0 Å². The molecule has 21 heavy (non-hydrogen) atoms. The minimum atomic E-state index is -0.926. The number of para-hydroxylation sites is 1. The monoisotopic (exact) mass is 289 g/mol. The van der Waals surface area contributed by atoms with Crippen LogP contribution in [0.15, 0.2) is 24.4 Å². The van der Waals surface area contributed by atoms with Crippen molar-refractivity contribution in [1.29, 1.82) is 0 Å². The molecule has 0 saturated heterocycles. The highest BCUT2D eigenvalue weighted by Gasteiger charge is 2.06. The van der Waals surface area contributed by atoms with Crippen LogP contribution in [0.25, 0.3) is 10.9 Å². The molecule has 2 aromatic rings. The van der Waals surface area contributed by atoms with E-state index >= 15 is 0 Å². The Labute approximate surface area is 122 Å². The minimum absolute atomic E-state index is 0.0743. The van der Waals surface area contributed by atoms with E-state index in [0.717, 1.165) is 17.5 Å². The Bertz CT molecular complexity index is 649. The average molecular weight is 289 g/mol. The number of urea groups is 1. The Balaban J connectivity index is 1.81. The van der Waals surface area contributed by atoms with Gasteiger partial charge in [-0.25, -0.2) is 4.79 Å². The van der Waals surface area contributed by atoms with Crippen molar-refractivity contribution in [2.75, 3.05) is 13.1 Å². The van der Waals surface area contributed by atoms with Crippen LogP contribution in [0.5, 0.6) is 0 Å². The number of aliphatic carboxylic acids is 1. The molecule has 1 aromatic heterocycles. The lowest BCUT2D eigenvalue weighted by Crippen LogP contribution is -2.37. The fourth-order valence-electron chi connectivity index (χ4n) is 2.23. The average Bonchev–Trinajstić information content (AvgIpc) is 2.83. The van der Waals surface area contributed by atoms with Crippen molar-refractivity contribution in [2.24, 2.45) is 0 Å². The van der Waals surface area contributed by atoms with Crippen LogP contribution in [0.3, 0.4) is 0 Å². The molecule has 6 heteroatoms. The van der Waals surface area contributed by atoms with Crippen molar-refractivity contribution < 1.29 is 14.7 Å². The summed E-state index contributed by atoms with van der Waals surface area (Å²) in [5.41, 5.74) is 3.47. The Hall–Kier alpha value is -2.50. The normalized spacial score (nSPS) is 10.5. The van der Waals surface area contributed by atoms with E-state index in [1.165, 1.54) is 10.9 Å². The molecular formula is C15H19N3O3. The van der Waals surface area contributed by atoms with Gasteiger partial charge in [-0.15, -0.1) is 0 Å². The van der Waals surface area contributed by atoms with Crippen molar-refractivity contribution >= 4 is 22.9 Å². The van der Waals surface area contributed by atoms with Crippen molar-refractivity contribution in [2.45, 2.75) is 19.8 Å². The Morgan fingerprint density at radius 3 is 2.76 bits per heavy atom. The van der Waals surface area contributed by atoms with Gasteiger partial charge in [0.2, 0.25) is 0 Å². The Morgan fingerprint density at radius 2 is 2.00 bits per heavy atom. The number of carbonyl (C=O) groups is 2. The van der Waals surface area contributed by atoms with E-state index in [1.807, 2.05) is 12.3 Å². The molecule has 4 N–H and O–H groups in total. The second kappa shape index (κ2) is 6.78. The zero-order valence-electron chi connectivity index (χ0n) is 11.9. The van der Waals surface area contributed by atoms with Crippen molar-refractivity contribution in [3.8, 4) is 0 Å². The van der Waals surface area contributed by atoms with E-state index in [9.17, 15) is 9.59 Å². The predicted octanol–water partition coefficient (Wildman–Crippen LogP) is 1.79. The molecule has 0 unspecified atom stereocenters. The summed E-state index contributed by atoms with van der Waals surface area (Å²) in [7, 11) is 0. The topological polar surface area (TPSA) is 94.2 Å². The van der Waals surface area contributed by atoms with Gasteiger partial charge in [-0.2, -0.15) is 0 Å². The molecule has 0 aliphatic carbocycles. The lowest BCUT2D eigenvalue weighted by atomic mass is 10.1. The summed E-state index contributed by atoms with van der Waals surface area (Å²) in [6.07, 6.45) is 2.60. The smallest absolute Gasteiger partial charge is 0.314 e. The fourth-order valence-corrected chi connectivity index (χ4v) is 2.23. The lowest BCUT2D eigenvalue weighted by Gasteiger charge is -2.06. The fraction of sp³-hybridized carbons (Fsp3) is 0.333. The van der Waals surface area contributed by atoms with Crippen LogP contribution in [0.1, 0.15) is 17.5 Å². The summed E-state index contributed by atoms with van der Waals surface area (Å²) in [6, 6.07) is 5.78. The number of H-pyrrole nitrogens is 1. The number of aromatic amines is 1. The van der Waals surface area contributed by atoms with Crippen LogP contribution in [-0.4, -0.2) is 35.2 Å². The number of rotatable bonds is 6. The number of fused-ring (bicyclic) bond motifs is 1. The summed E-state index contributed by atoms with van der Waals surface area (Å²) >= 11 is 0. The van der Waals surface area contributed by atoms with E-state index < -0.39 is 5.97 Å². The summed E-state index contributed by atoms with van der Waals surface area (Å²) in [6.45, 7) is 2.68. The van der Waals surface area contributed by atoms with Gasteiger partial charge in [0, 0.05) is 30.2 Å². The van der Waals surface area contributed by atoms with E-state index in [1.54, 1.807) is 0 Å². The number of hydrogen-bond acceptors (Lipinski definition) is 2. The first-order valence-electron chi connectivity index (χ1n) is 6.87. The maximum Gasteiger partial charge on any atom is 0.314 e. The highest BCUT2D eigenvalue weighted by atomic mass is 16.4. The SMILES string of the molecule is Cc1cccc2c(CCNC(=O)NCCC(=O)O)c[nH]c12. The molecule has 0 spiro atoms. The first-order valence-corrected chi connectivity index (χ1v) is 6.87. The van der Waals surface area contributed by atoms with E-state index in [4.69, 9.17) is 5.11 Å². The third-order valence-electron chi connectivity index (χ3n) is 3.31. The molecular weight excluding hydrogens is 270 g/mol. The lowest BCUT2D eigenvalue weighted by molar-refractivity contribution is -0.136. The highest BCUT2D eigenvalue weighted by molar-refractivity contribution is 5.86. The van der Waals surface area contributed by atoms with Gasteiger partial charge in [-0.3, -0.25) is 4.79 Å². The predicted molar refractivity (Wildman–Crippen MR) is 80.4 cm³/mol. The van der Waals surface area contributed by atoms with Crippen molar-refractivity contribution in [3.63, 3.8) is 0 Å². The quantitative estimate of drug-likeness (QED) is 0.653. The first kappa shape index (κ1) is 14.9. The number of hydrogen-bond donors (Lipinski definition) is 4. The van der Waals surface area contributed by atoms with Gasteiger partial charge in [0.05, 0.1) is 6.42 Å². The summed E-state index contributed by atoms with van der Waals surface area (Å²) in [5, 5.41) is 14.9. The number of amides is 2. The summed E-state index contributed by atoms with van der Waals surface area (Å²) in [4.78, 5) is 25.0. The number of benzene rings is 1. The zero-order valence-corrected chi connectivity index (χ0v) is 11.9. The molecule has 0 saturated carbocycles. The third-order valence-corrected chi connectivity index (χ3v) is 3.31. The second-order valence-corrected chi connectivity index (χ2v) is 4.89. The van der Waals surface area contributed by atoms with Gasteiger partial charge in [0.25, 0.3) is 0 Å². The maximum atomic E-state index is 11.4. The number of carbonyl (C=O) groups excluding carboxylic acids is 1. The molecule has 0 fully saturated rings. The number of carboxylic acids is 1. The van der Waals surface area contributed by atoms with Gasteiger partial charge in [-0.1, -0.05) is 18.2 Å². The van der Waals surface area contributed by atoms with Crippen LogP contribution >= 0.6 is 0 Å². The van der Waals surface area contributed by atoms with Gasteiger partial charge >= 0.3 is 12.0 Å². The van der Waals surface area contributed by atoms with Crippen LogP contribution in [-0.2, 0) is 11.2 Å². The Kier molecular flexibility index (Phi) is 4.81. The largest absolute Gasteiger partial charge is 0.481 e. The van der Waals surface area contributed by atoms with Crippen LogP contribution in [0.4, 0.5) is 4.79 Å². The molecule has 112 valence electrons. The van der Waals surface area contributed by atoms with E-state index in [-0.39, 0.29) is 19.0 Å². The zero-order chi connectivity index (χ0) is 15.2. The van der Waals surface area contributed by atoms with E-state index in [2.05, 4.69) is 34.7 Å². The molecule has 2 rings (SSSR count). The molecule has 6 nitrogen and oxygen atoms in total. The highest BCUT2D eigenvalue weighted by Crippen LogP contribution is 2.21. The van der Waals surface area contributed by atoms with Crippen LogP contribution < -0.4 is 10.6 Å². The van der Waals surface area contributed by atoms with Crippen LogP contribution in [0, 0.1) is 6.92 Å². The molecule has 0 aliphatic heterocycles. The molecule has 1 aromatic carbocycles. The number of aryl methyl sites for hydroxylation is 1. The van der Waals surface area contributed by atoms with Gasteiger partial charge in [0.15, 0.2) is 0 Å². The van der Waals surface area contributed by atoms with Gasteiger partial charge < -0.3 is 20.7 Å². The second-order valence-electron chi connectivity index (χ2n) is 4.89. The number of carboxylic acid groups (broad SMARTS) is 1. The minimum Gasteiger partial charge on any atom is -0.481 e. The molecule has 0 aliphatic rings. The van der Waals surface area contributed by atoms with Gasteiger partial charge in [-0.05, 0) is 24.5 Å². The molecule has 0 bridgehead atoms. The van der Waals surface area contributed by atoms with Crippen molar-refractivity contribution in [3.05, 3.63) is 35.5 Å². The third kappa shape index (κ3) is 3.98.